The Balaban J connectivity index is 1.76. The van der Waals surface area contributed by atoms with Gasteiger partial charge < -0.3 is 15.4 Å². The van der Waals surface area contributed by atoms with E-state index in [0.29, 0.717) is 43.8 Å². The molecule has 1 aliphatic rings. The van der Waals surface area contributed by atoms with Crippen molar-refractivity contribution in [2.24, 2.45) is 11.1 Å². The fourth-order valence-electron chi connectivity index (χ4n) is 3.87. The van der Waals surface area contributed by atoms with Crippen LogP contribution in [0.25, 0.3) is 0 Å². The number of nitrogens with two attached hydrogens (primary N) is 1. The summed E-state index contributed by atoms with van der Waals surface area (Å²) >= 11 is 4.13. The van der Waals surface area contributed by atoms with Gasteiger partial charge in [0.15, 0.2) is 0 Å². The number of likely N-dealkylation sites (tertiary alicyclic amines) is 1. The number of hydrogen-bond donors (Lipinski definition) is 2. The van der Waals surface area contributed by atoms with Crippen LogP contribution in [0, 0.1) is 12.3 Å². The predicted molar refractivity (Wildman–Crippen MR) is 119 cm³/mol. The lowest BCUT2D eigenvalue weighted by Gasteiger charge is -2.41. The molecule has 0 aliphatic carbocycles. The first-order chi connectivity index (χ1) is 14.4. The molecule has 2 aromatic rings. The van der Waals surface area contributed by atoms with Crippen molar-refractivity contribution in [3.8, 4) is 0 Å². The molecule has 6 nitrogen and oxygen atoms in total. The molecule has 160 valence electrons. The number of hydrogen-bond acceptors (Lipinski definition) is 6. The molecule has 0 spiro atoms. The molecule has 1 atom stereocenters. The molecule has 1 aliphatic heterocycles. The summed E-state index contributed by atoms with van der Waals surface area (Å²) < 4.78 is 5.71. The molecule has 0 unspecified atom stereocenters. The maximum Gasteiger partial charge on any atom is 0.312 e. The zero-order chi connectivity index (χ0) is 21.6. The number of thiol groups is 1. The largest absolute Gasteiger partial charge is 0.459 e. The molecular formula is C23H29N3O3S. The van der Waals surface area contributed by atoms with Crippen molar-refractivity contribution in [3.05, 3.63) is 65.5 Å². The number of nitrogens with zero attached hydrogens (tertiary/aromatic N) is 2. The van der Waals surface area contributed by atoms with Crippen LogP contribution in [0.4, 0.5) is 0 Å². The topological polar surface area (TPSA) is 85.5 Å². The van der Waals surface area contributed by atoms with Crippen molar-refractivity contribution in [2.75, 3.05) is 18.8 Å². The summed E-state index contributed by atoms with van der Waals surface area (Å²) in [6.07, 6.45) is 3.34. The highest BCUT2D eigenvalue weighted by molar-refractivity contribution is 7.80. The molecule has 7 heteroatoms. The summed E-state index contributed by atoms with van der Waals surface area (Å²) in [7, 11) is 0. The molecule has 1 aromatic carbocycles. The summed E-state index contributed by atoms with van der Waals surface area (Å²) in [5.41, 5.74) is 8.17. The number of piperidine rings is 1. The summed E-state index contributed by atoms with van der Waals surface area (Å²) in [4.78, 5) is 31.7. The molecule has 1 saturated heterocycles. The Labute approximate surface area is 183 Å². The maximum absolute atomic E-state index is 13.3. The lowest BCUT2D eigenvalue weighted by molar-refractivity contribution is -0.162. The molecular weight excluding hydrogens is 398 g/mol. The normalized spacial score (nSPS) is 16.7. The Morgan fingerprint density at radius 3 is 2.53 bits per heavy atom. The van der Waals surface area contributed by atoms with Crippen molar-refractivity contribution in [1.29, 1.82) is 0 Å². The predicted octanol–water partition coefficient (Wildman–Crippen LogP) is 2.54. The van der Waals surface area contributed by atoms with Crippen molar-refractivity contribution in [3.63, 3.8) is 0 Å². The van der Waals surface area contributed by atoms with Gasteiger partial charge in [0.25, 0.3) is 0 Å². The Morgan fingerprint density at radius 1 is 1.20 bits per heavy atom. The van der Waals surface area contributed by atoms with Crippen LogP contribution in [0.5, 0.6) is 0 Å². The van der Waals surface area contributed by atoms with Crippen LogP contribution in [0.1, 0.15) is 29.7 Å². The van der Waals surface area contributed by atoms with E-state index in [1.807, 2.05) is 43.3 Å². The standard InChI is InChI=1S/C23H29N3O3S/c1-17-6-2-3-7-18(17)14-23(22(28)29-15-19-8-4-5-11-25-19)9-12-26(13-10-23)21(27)20(24)16-30/h2-8,11,20,30H,9-10,12-16,24H2,1H3/t20-/m0/s1. The van der Waals surface area contributed by atoms with Crippen molar-refractivity contribution < 1.29 is 14.3 Å². The zero-order valence-electron chi connectivity index (χ0n) is 17.3. The highest BCUT2D eigenvalue weighted by Gasteiger charge is 2.44. The van der Waals surface area contributed by atoms with Gasteiger partial charge in [0.1, 0.15) is 6.61 Å². The quantitative estimate of drug-likeness (QED) is 0.524. The van der Waals surface area contributed by atoms with E-state index in [9.17, 15) is 9.59 Å². The second-order valence-electron chi connectivity index (χ2n) is 7.90. The van der Waals surface area contributed by atoms with Gasteiger partial charge in [0, 0.05) is 25.0 Å². The molecule has 2 heterocycles. The number of carbonyl (C=O) groups is 2. The molecule has 0 radical (unpaired) electrons. The molecule has 1 aromatic heterocycles. The molecule has 3 rings (SSSR count). The molecule has 1 amide bonds. The van der Waals surface area contributed by atoms with E-state index < -0.39 is 11.5 Å². The smallest absolute Gasteiger partial charge is 0.312 e. The molecule has 0 saturated carbocycles. The Morgan fingerprint density at radius 2 is 1.90 bits per heavy atom. The second-order valence-corrected chi connectivity index (χ2v) is 8.26. The SMILES string of the molecule is Cc1ccccc1CC1(C(=O)OCc2ccccn2)CCN(C(=O)[C@@H](N)CS)CC1. The fraction of sp³-hybridized carbons (Fsp3) is 0.435. The van der Waals surface area contributed by atoms with Crippen LogP contribution >= 0.6 is 12.6 Å². The van der Waals surface area contributed by atoms with Gasteiger partial charge in [-0.1, -0.05) is 30.3 Å². The summed E-state index contributed by atoms with van der Waals surface area (Å²) in [5.74, 6) is -0.0474. The Bertz CT molecular complexity index is 867. The van der Waals surface area contributed by atoms with E-state index in [2.05, 4.69) is 23.7 Å². The van der Waals surface area contributed by atoms with Crippen molar-refractivity contribution in [1.82, 2.24) is 9.88 Å². The lowest BCUT2D eigenvalue weighted by atomic mass is 9.73. The van der Waals surface area contributed by atoms with E-state index >= 15 is 0 Å². The number of carbonyl (C=O) groups excluding carboxylic acids is 2. The maximum atomic E-state index is 13.3. The number of aryl methyl sites for hydroxylation is 1. The number of pyridine rings is 1. The lowest BCUT2D eigenvalue weighted by Crippen LogP contribution is -2.52. The van der Waals surface area contributed by atoms with Gasteiger partial charge in [-0.15, -0.1) is 0 Å². The number of benzene rings is 1. The van der Waals surface area contributed by atoms with E-state index in [4.69, 9.17) is 10.5 Å². The monoisotopic (exact) mass is 427 g/mol. The zero-order valence-corrected chi connectivity index (χ0v) is 18.2. The van der Waals surface area contributed by atoms with E-state index in [1.54, 1.807) is 11.1 Å². The Hall–Kier alpha value is -2.38. The van der Waals surface area contributed by atoms with E-state index in [1.165, 1.54) is 0 Å². The van der Waals surface area contributed by atoms with Gasteiger partial charge in [0.2, 0.25) is 5.91 Å². The van der Waals surface area contributed by atoms with Crippen LogP contribution in [0.3, 0.4) is 0 Å². The number of rotatable bonds is 7. The highest BCUT2D eigenvalue weighted by atomic mass is 32.1. The molecule has 30 heavy (non-hydrogen) atoms. The third-order valence-corrected chi connectivity index (χ3v) is 6.24. The van der Waals surface area contributed by atoms with Gasteiger partial charge in [0.05, 0.1) is 17.2 Å². The van der Waals surface area contributed by atoms with Crippen molar-refractivity contribution in [2.45, 2.75) is 38.8 Å². The van der Waals surface area contributed by atoms with Crippen LogP contribution in [0.2, 0.25) is 0 Å². The van der Waals surface area contributed by atoms with Gasteiger partial charge in [-0.3, -0.25) is 14.6 Å². The first kappa shape index (κ1) is 22.3. The van der Waals surface area contributed by atoms with Gasteiger partial charge in [-0.25, -0.2) is 0 Å². The summed E-state index contributed by atoms with van der Waals surface area (Å²) in [6, 6.07) is 13.0. The number of aromatic nitrogens is 1. The van der Waals surface area contributed by atoms with Crippen LogP contribution in [0.15, 0.2) is 48.7 Å². The van der Waals surface area contributed by atoms with Gasteiger partial charge in [-0.05, 0) is 49.4 Å². The highest BCUT2D eigenvalue weighted by Crippen LogP contribution is 2.37. The minimum atomic E-state index is -0.678. The average molecular weight is 428 g/mol. The first-order valence-corrected chi connectivity index (χ1v) is 10.9. The number of amides is 1. The van der Waals surface area contributed by atoms with Crippen molar-refractivity contribution >= 4 is 24.5 Å². The minimum absolute atomic E-state index is 0.114. The van der Waals surface area contributed by atoms with Gasteiger partial charge >= 0.3 is 5.97 Å². The van der Waals surface area contributed by atoms with Gasteiger partial charge in [-0.2, -0.15) is 12.6 Å². The van der Waals surface area contributed by atoms with Crippen LogP contribution < -0.4 is 5.73 Å². The fourth-order valence-corrected chi connectivity index (χ4v) is 4.03. The van der Waals surface area contributed by atoms with E-state index in [-0.39, 0.29) is 18.5 Å². The van der Waals surface area contributed by atoms with E-state index in [0.717, 1.165) is 11.1 Å². The Kier molecular flexibility index (Phi) is 7.50. The number of esters is 1. The third kappa shape index (κ3) is 5.21. The van der Waals surface area contributed by atoms with Crippen LogP contribution in [-0.2, 0) is 27.4 Å². The summed E-state index contributed by atoms with van der Waals surface area (Å²) in [5, 5.41) is 0. The number of ether oxygens (including phenoxy) is 1. The molecule has 2 N–H and O–H groups in total. The average Bonchev–Trinajstić information content (AvgIpc) is 2.79. The van der Waals surface area contributed by atoms with Crippen LogP contribution in [-0.4, -0.2) is 46.6 Å². The molecule has 0 bridgehead atoms. The minimum Gasteiger partial charge on any atom is -0.459 e. The second kappa shape index (κ2) is 10.1. The third-order valence-electron chi connectivity index (χ3n) is 5.85. The first-order valence-electron chi connectivity index (χ1n) is 10.2. The summed E-state index contributed by atoms with van der Waals surface area (Å²) in [6.45, 7) is 3.14. The molecule has 1 fully saturated rings.